The van der Waals surface area contributed by atoms with Crippen molar-refractivity contribution in [2.45, 2.75) is 26.7 Å². The number of aromatic nitrogens is 2. The zero-order chi connectivity index (χ0) is 11.0. The summed E-state index contributed by atoms with van der Waals surface area (Å²) in [4.78, 5) is 4.23. The number of hydrogen-bond donors (Lipinski definition) is 1. The minimum atomic E-state index is 0.456. The van der Waals surface area contributed by atoms with Gasteiger partial charge in [-0.05, 0) is 29.5 Å². The van der Waals surface area contributed by atoms with E-state index in [1.54, 1.807) is 6.20 Å². The van der Waals surface area contributed by atoms with Crippen molar-refractivity contribution in [3.63, 3.8) is 0 Å². The average molecular weight is 204 g/mol. The Morgan fingerprint density at radius 1 is 1.33 bits per heavy atom. The van der Waals surface area contributed by atoms with Gasteiger partial charge in [-0.1, -0.05) is 20.8 Å². The Morgan fingerprint density at radius 2 is 2.07 bits per heavy atom. The molecule has 0 aromatic rings. The number of pyridine rings is 1. The van der Waals surface area contributed by atoms with Gasteiger partial charge in [0.25, 0.3) is 0 Å². The van der Waals surface area contributed by atoms with Crippen LogP contribution in [0.1, 0.15) is 32.3 Å². The zero-order valence-electron chi connectivity index (χ0n) is 9.31. The second-order valence-electron chi connectivity index (χ2n) is 4.34. The molecule has 3 nitrogen and oxygen atoms in total. The van der Waals surface area contributed by atoms with Crippen molar-refractivity contribution in [3.8, 4) is 11.4 Å². The molecule has 0 saturated heterocycles. The molecule has 0 radical (unpaired) electrons. The van der Waals surface area contributed by atoms with Crippen LogP contribution in [0.25, 0.3) is 11.4 Å². The quantitative estimate of drug-likeness (QED) is 0.764. The maximum Gasteiger partial charge on any atom is 0.175 e. The van der Waals surface area contributed by atoms with Crippen LogP contribution in [0, 0.1) is 5.92 Å². The Balaban J connectivity index is 2.50. The molecule has 1 atom stereocenters. The van der Waals surface area contributed by atoms with Crippen molar-refractivity contribution in [1.29, 1.82) is 0 Å². The summed E-state index contributed by atoms with van der Waals surface area (Å²) >= 11 is 0. The Kier molecular flexibility index (Phi) is 2.39. The van der Waals surface area contributed by atoms with E-state index in [0.717, 1.165) is 10.3 Å². The molecule has 0 saturated carbocycles. The van der Waals surface area contributed by atoms with Crippen LogP contribution in [-0.4, -0.2) is 14.9 Å². The van der Waals surface area contributed by atoms with Crippen molar-refractivity contribution in [1.82, 2.24) is 9.71 Å². The first-order chi connectivity index (χ1) is 7.11. The van der Waals surface area contributed by atoms with Crippen LogP contribution < -0.4 is 0 Å². The predicted molar refractivity (Wildman–Crippen MR) is 59.3 cm³/mol. The molecule has 1 unspecified atom stereocenters. The Bertz CT molecular complexity index is 433. The van der Waals surface area contributed by atoms with Gasteiger partial charge in [-0.3, -0.25) is 0 Å². The van der Waals surface area contributed by atoms with Crippen molar-refractivity contribution in [2.75, 3.05) is 0 Å². The summed E-state index contributed by atoms with van der Waals surface area (Å²) in [7, 11) is 0. The van der Waals surface area contributed by atoms with Gasteiger partial charge in [0.2, 0.25) is 0 Å². The molecule has 0 aliphatic carbocycles. The Morgan fingerprint density at radius 3 is 2.73 bits per heavy atom. The highest BCUT2D eigenvalue weighted by atomic mass is 16.5. The highest BCUT2D eigenvalue weighted by Crippen LogP contribution is 2.33. The lowest BCUT2D eigenvalue weighted by Crippen LogP contribution is -2.03. The summed E-state index contributed by atoms with van der Waals surface area (Å²) in [6.07, 6.45) is 3.46. The van der Waals surface area contributed by atoms with Crippen molar-refractivity contribution >= 4 is 0 Å². The minimum absolute atomic E-state index is 0.456. The topological polar surface area (TPSA) is 38.0 Å². The van der Waals surface area contributed by atoms with E-state index >= 15 is 0 Å². The Labute approximate surface area is 89.7 Å². The fourth-order valence-electron chi connectivity index (χ4n) is 1.77. The van der Waals surface area contributed by atoms with Gasteiger partial charge in [-0.25, -0.2) is 4.98 Å². The van der Waals surface area contributed by atoms with Crippen molar-refractivity contribution < 1.29 is 5.21 Å². The van der Waals surface area contributed by atoms with E-state index in [9.17, 15) is 5.21 Å². The molecule has 2 rings (SSSR count). The summed E-state index contributed by atoms with van der Waals surface area (Å²) < 4.78 is 1.08. The van der Waals surface area contributed by atoms with Crippen LogP contribution in [-0.2, 0) is 0 Å². The van der Waals surface area contributed by atoms with Gasteiger partial charge < -0.3 is 5.21 Å². The molecule has 2 aliphatic rings. The molecule has 0 aromatic heterocycles. The van der Waals surface area contributed by atoms with Crippen molar-refractivity contribution in [2.24, 2.45) is 5.92 Å². The summed E-state index contributed by atoms with van der Waals surface area (Å²) in [5.41, 5.74) is 2.25. The summed E-state index contributed by atoms with van der Waals surface area (Å²) in [6.45, 7) is 6.58. The second kappa shape index (κ2) is 3.57. The molecule has 0 spiro atoms. The lowest BCUT2D eigenvalue weighted by Gasteiger charge is -2.15. The van der Waals surface area contributed by atoms with E-state index in [4.69, 9.17) is 0 Å². The molecule has 2 aliphatic heterocycles. The van der Waals surface area contributed by atoms with E-state index in [1.165, 1.54) is 5.56 Å². The van der Waals surface area contributed by atoms with Crippen molar-refractivity contribution in [3.05, 3.63) is 30.1 Å². The number of nitrogens with zero attached hydrogens (tertiary/aromatic N) is 2. The summed E-state index contributed by atoms with van der Waals surface area (Å²) in [5.74, 6) is 1.67. The van der Waals surface area contributed by atoms with Crippen LogP contribution in [0.2, 0.25) is 0 Å². The van der Waals surface area contributed by atoms with Crippen LogP contribution in [0.3, 0.4) is 0 Å². The zero-order valence-corrected chi connectivity index (χ0v) is 9.31. The molecule has 0 amide bonds. The predicted octanol–water partition coefficient (Wildman–Crippen LogP) is 2.98. The van der Waals surface area contributed by atoms with Gasteiger partial charge in [0.05, 0.1) is 0 Å². The molecule has 15 heavy (non-hydrogen) atoms. The van der Waals surface area contributed by atoms with Gasteiger partial charge in [-0.2, -0.15) is 4.73 Å². The van der Waals surface area contributed by atoms with Crippen LogP contribution in [0.4, 0.5) is 0 Å². The largest absolute Gasteiger partial charge is 0.427 e. The monoisotopic (exact) mass is 204 g/mol. The molecule has 3 heteroatoms. The molecule has 2 heterocycles. The molecule has 0 fully saturated rings. The highest BCUT2D eigenvalue weighted by Gasteiger charge is 2.20. The SMILES string of the molecule is CC(C)C(C)c1cnc2n(O)cccc1-2. The van der Waals surface area contributed by atoms with Gasteiger partial charge in [0.1, 0.15) is 0 Å². The third-order valence-corrected chi connectivity index (χ3v) is 3.08. The number of fused-ring (bicyclic) bond motifs is 1. The molecular formula is C12H16N2O. The number of rotatable bonds is 2. The second-order valence-corrected chi connectivity index (χ2v) is 4.34. The first kappa shape index (κ1) is 10.0. The summed E-state index contributed by atoms with van der Waals surface area (Å²) in [5, 5.41) is 9.56. The molecule has 0 aromatic carbocycles. The van der Waals surface area contributed by atoms with Gasteiger partial charge in [-0.15, -0.1) is 0 Å². The lowest BCUT2D eigenvalue weighted by molar-refractivity contribution is 0.186. The molecule has 80 valence electrons. The average Bonchev–Trinajstić information content (AvgIpc) is 2.61. The van der Waals surface area contributed by atoms with Gasteiger partial charge in [0, 0.05) is 18.0 Å². The minimum Gasteiger partial charge on any atom is -0.427 e. The van der Waals surface area contributed by atoms with E-state index in [1.807, 2.05) is 18.3 Å². The van der Waals surface area contributed by atoms with Crippen LogP contribution in [0.15, 0.2) is 24.5 Å². The van der Waals surface area contributed by atoms with E-state index in [0.29, 0.717) is 17.7 Å². The molecule has 1 N–H and O–H groups in total. The van der Waals surface area contributed by atoms with E-state index in [2.05, 4.69) is 25.8 Å². The third kappa shape index (κ3) is 1.58. The maximum atomic E-state index is 9.56. The summed E-state index contributed by atoms with van der Waals surface area (Å²) in [6, 6.07) is 3.84. The third-order valence-electron chi connectivity index (χ3n) is 3.08. The van der Waals surface area contributed by atoms with E-state index < -0.39 is 0 Å². The maximum absolute atomic E-state index is 9.56. The van der Waals surface area contributed by atoms with Gasteiger partial charge >= 0.3 is 0 Å². The smallest absolute Gasteiger partial charge is 0.175 e. The first-order valence-electron chi connectivity index (χ1n) is 5.26. The fraction of sp³-hybridized carbons (Fsp3) is 0.417. The van der Waals surface area contributed by atoms with Crippen LogP contribution in [0.5, 0.6) is 0 Å². The lowest BCUT2D eigenvalue weighted by atomic mass is 9.89. The van der Waals surface area contributed by atoms with Gasteiger partial charge in [0.15, 0.2) is 5.82 Å². The fourth-order valence-corrected chi connectivity index (χ4v) is 1.77. The first-order valence-corrected chi connectivity index (χ1v) is 5.26. The standard InChI is InChI=1S/C12H16N2O/c1-8(2)9(3)11-7-13-12-10(11)5-4-6-14(12)15/h4-9,15H,1-3H3. The van der Waals surface area contributed by atoms with Crippen LogP contribution >= 0.6 is 0 Å². The number of hydrogen-bond acceptors (Lipinski definition) is 2. The molecular weight excluding hydrogens is 188 g/mol. The molecule has 0 bridgehead atoms. The normalized spacial score (nSPS) is 13.6. The van der Waals surface area contributed by atoms with E-state index in [-0.39, 0.29) is 0 Å². The highest BCUT2D eigenvalue weighted by molar-refractivity contribution is 5.63. The Hall–Kier alpha value is -1.51.